The highest BCUT2D eigenvalue weighted by atomic mass is 19.3. The second-order valence-electron chi connectivity index (χ2n) is 4.82. The third kappa shape index (κ3) is 3.16. The average molecular weight is 240 g/mol. The minimum absolute atomic E-state index is 0.0268. The Labute approximate surface area is 100 Å². The van der Waals surface area contributed by atoms with Crippen LogP contribution in [0.1, 0.15) is 24.0 Å². The second kappa shape index (κ2) is 4.61. The van der Waals surface area contributed by atoms with Gasteiger partial charge in [0, 0.05) is 38.2 Å². The van der Waals surface area contributed by atoms with E-state index in [1.165, 1.54) is 0 Å². The van der Waals surface area contributed by atoms with Gasteiger partial charge in [0.25, 0.3) is 5.92 Å². The highest BCUT2D eigenvalue weighted by molar-refractivity contribution is 5.47. The van der Waals surface area contributed by atoms with Crippen molar-refractivity contribution in [2.75, 3.05) is 18.8 Å². The van der Waals surface area contributed by atoms with Gasteiger partial charge in [0.15, 0.2) is 0 Å². The summed E-state index contributed by atoms with van der Waals surface area (Å²) in [5.74, 6) is -2.46. The maximum absolute atomic E-state index is 13.0. The molecule has 1 heterocycles. The van der Waals surface area contributed by atoms with Crippen molar-refractivity contribution in [3.63, 3.8) is 0 Å². The van der Waals surface area contributed by atoms with Crippen molar-refractivity contribution in [1.82, 2.24) is 4.90 Å². The molecule has 94 valence electrons. The summed E-state index contributed by atoms with van der Waals surface area (Å²) in [5.41, 5.74) is 8.71. The molecule has 0 aliphatic carbocycles. The first-order valence-corrected chi connectivity index (χ1v) is 5.91. The van der Waals surface area contributed by atoms with E-state index in [-0.39, 0.29) is 12.8 Å². The smallest absolute Gasteiger partial charge is 0.250 e. The molecule has 1 aliphatic rings. The van der Waals surface area contributed by atoms with Gasteiger partial charge < -0.3 is 5.73 Å². The lowest BCUT2D eigenvalue weighted by molar-refractivity contribution is -0.0566. The number of rotatable bonds is 2. The summed E-state index contributed by atoms with van der Waals surface area (Å²) in [6.45, 7) is 3.63. The fourth-order valence-electron chi connectivity index (χ4n) is 2.13. The highest BCUT2D eigenvalue weighted by Gasteiger charge is 2.33. The Morgan fingerprint density at radius 1 is 1.29 bits per heavy atom. The standard InChI is InChI=1S/C13H18F2N2/c1-10-8-11(2-3-12(10)16)9-17-6-4-13(14,15)5-7-17/h2-3,8H,4-7,9,16H2,1H3. The molecular weight excluding hydrogens is 222 g/mol. The number of likely N-dealkylation sites (tertiary alicyclic amines) is 1. The lowest BCUT2D eigenvalue weighted by Gasteiger charge is -2.31. The number of aryl methyl sites for hydroxylation is 1. The Morgan fingerprint density at radius 3 is 2.53 bits per heavy atom. The lowest BCUT2D eigenvalue weighted by atomic mass is 10.0. The molecule has 1 aliphatic heterocycles. The Kier molecular flexibility index (Phi) is 3.33. The van der Waals surface area contributed by atoms with Gasteiger partial charge in [-0.2, -0.15) is 0 Å². The molecule has 0 bridgehead atoms. The van der Waals surface area contributed by atoms with E-state index in [9.17, 15) is 8.78 Å². The van der Waals surface area contributed by atoms with E-state index in [1.54, 1.807) is 0 Å². The molecule has 0 radical (unpaired) electrons. The molecule has 1 aromatic carbocycles. The summed E-state index contributed by atoms with van der Waals surface area (Å²) in [7, 11) is 0. The normalized spacial score (nSPS) is 20.4. The van der Waals surface area contributed by atoms with Crippen LogP contribution in [0.4, 0.5) is 14.5 Å². The van der Waals surface area contributed by atoms with Gasteiger partial charge in [0.1, 0.15) is 0 Å². The molecule has 1 fully saturated rings. The number of hydrogen-bond donors (Lipinski definition) is 1. The van der Waals surface area contributed by atoms with Gasteiger partial charge in [-0.05, 0) is 24.1 Å². The van der Waals surface area contributed by atoms with Gasteiger partial charge in [-0.15, -0.1) is 0 Å². The SMILES string of the molecule is Cc1cc(CN2CCC(F)(F)CC2)ccc1N. The Bertz CT molecular complexity index is 394. The van der Waals surface area contributed by atoms with Crippen LogP contribution in [0.5, 0.6) is 0 Å². The van der Waals surface area contributed by atoms with E-state index < -0.39 is 5.92 Å². The molecule has 0 aromatic heterocycles. The quantitative estimate of drug-likeness (QED) is 0.805. The number of alkyl halides is 2. The topological polar surface area (TPSA) is 29.3 Å². The third-order valence-electron chi connectivity index (χ3n) is 3.33. The van der Waals surface area contributed by atoms with Crippen molar-refractivity contribution >= 4 is 5.69 Å². The molecule has 0 spiro atoms. The van der Waals surface area contributed by atoms with Gasteiger partial charge in [-0.25, -0.2) is 8.78 Å². The number of anilines is 1. The molecule has 1 aromatic rings. The molecule has 2 N–H and O–H groups in total. The van der Waals surface area contributed by atoms with Crippen molar-refractivity contribution in [2.45, 2.75) is 32.2 Å². The maximum atomic E-state index is 13.0. The molecular formula is C13H18F2N2. The molecule has 0 unspecified atom stereocenters. The van der Waals surface area contributed by atoms with E-state index in [1.807, 2.05) is 25.1 Å². The maximum Gasteiger partial charge on any atom is 0.250 e. The summed E-state index contributed by atoms with van der Waals surface area (Å²) in [4.78, 5) is 2.07. The minimum atomic E-state index is -2.46. The van der Waals surface area contributed by atoms with E-state index >= 15 is 0 Å². The first kappa shape index (κ1) is 12.3. The zero-order valence-electron chi connectivity index (χ0n) is 10.0. The molecule has 2 rings (SSSR count). The summed E-state index contributed by atoms with van der Waals surface area (Å²) >= 11 is 0. The summed E-state index contributed by atoms with van der Waals surface area (Å²) in [5, 5.41) is 0. The van der Waals surface area contributed by atoms with Gasteiger partial charge in [0.05, 0.1) is 0 Å². The predicted octanol–water partition coefficient (Wildman–Crippen LogP) is 2.81. The predicted molar refractivity (Wildman–Crippen MR) is 65.0 cm³/mol. The van der Waals surface area contributed by atoms with Crippen LogP contribution in [-0.2, 0) is 6.54 Å². The van der Waals surface area contributed by atoms with Crippen LogP contribution in [-0.4, -0.2) is 23.9 Å². The molecule has 2 nitrogen and oxygen atoms in total. The van der Waals surface area contributed by atoms with Gasteiger partial charge >= 0.3 is 0 Å². The van der Waals surface area contributed by atoms with Crippen LogP contribution in [0.3, 0.4) is 0 Å². The first-order valence-electron chi connectivity index (χ1n) is 5.91. The van der Waals surface area contributed by atoms with Gasteiger partial charge in [0.2, 0.25) is 0 Å². The van der Waals surface area contributed by atoms with Crippen LogP contribution in [0.2, 0.25) is 0 Å². The number of piperidine rings is 1. The van der Waals surface area contributed by atoms with Crippen molar-refractivity contribution < 1.29 is 8.78 Å². The Hall–Kier alpha value is -1.16. The summed E-state index contributed by atoms with van der Waals surface area (Å²) in [6.07, 6.45) is -0.0537. The van der Waals surface area contributed by atoms with Crippen molar-refractivity contribution in [3.8, 4) is 0 Å². The van der Waals surface area contributed by atoms with Gasteiger partial charge in [-0.3, -0.25) is 4.90 Å². The largest absolute Gasteiger partial charge is 0.399 e. The fraction of sp³-hybridized carbons (Fsp3) is 0.538. The fourth-order valence-corrected chi connectivity index (χ4v) is 2.13. The molecule has 1 saturated heterocycles. The zero-order chi connectivity index (χ0) is 12.5. The second-order valence-corrected chi connectivity index (χ2v) is 4.82. The molecule has 0 amide bonds. The highest BCUT2D eigenvalue weighted by Crippen LogP contribution is 2.28. The van der Waals surface area contributed by atoms with Crippen molar-refractivity contribution in [2.24, 2.45) is 0 Å². The van der Waals surface area contributed by atoms with E-state index in [2.05, 4.69) is 4.90 Å². The molecule has 17 heavy (non-hydrogen) atoms. The Balaban J connectivity index is 1.95. The van der Waals surface area contributed by atoms with Gasteiger partial charge in [-0.1, -0.05) is 12.1 Å². The summed E-state index contributed by atoms with van der Waals surface area (Å²) in [6, 6.07) is 5.88. The Morgan fingerprint density at radius 2 is 1.94 bits per heavy atom. The zero-order valence-corrected chi connectivity index (χ0v) is 10.0. The molecule has 4 heteroatoms. The number of halogens is 2. The van der Waals surface area contributed by atoms with Crippen molar-refractivity contribution in [3.05, 3.63) is 29.3 Å². The number of nitrogens with two attached hydrogens (primary N) is 1. The molecule has 0 saturated carbocycles. The van der Waals surface area contributed by atoms with E-state index in [4.69, 9.17) is 5.73 Å². The lowest BCUT2D eigenvalue weighted by Crippen LogP contribution is -2.38. The van der Waals surface area contributed by atoms with E-state index in [0.29, 0.717) is 13.1 Å². The number of hydrogen-bond acceptors (Lipinski definition) is 2. The minimum Gasteiger partial charge on any atom is -0.399 e. The number of nitrogens with zero attached hydrogens (tertiary/aromatic N) is 1. The van der Waals surface area contributed by atoms with Crippen LogP contribution in [0.15, 0.2) is 18.2 Å². The monoisotopic (exact) mass is 240 g/mol. The molecule has 0 atom stereocenters. The number of benzene rings is 1. The first-order chi connectivity index (χ1) is 7.96. The van der Waals surface area contributed by atoms with Crippen LogP contribution in [0.25, 0.3) is 0 Å². The van der Waals surface area contributed by atoms with Crippen molar-refractivity contribution in [1.29, 1.82) is 0 Å². The number of nitrogen functional groups attached to an aromatic ring is 1. The van der Waals surface area contributed by atoms with Crippen LogP contribution in [0, 0.1) is 6.92 Å². The summed E-state index contributed by atoms with van der Waals surface area (Å²) < 4.78 is 26.0. The average Bonchev–Trinajstić information content (AvgIpc) is 2.27. The third-order valence-corrected chi connectivity index (χ3v) is 3.33. The van der Waals surface area contributed by atoms with E-state index in [0.717, 1.165) is 23.4 Å². The van der Waals surface area contributed by atoms with Crippen LogP contribution >= 0.6 is 0 Å². The van der Waals surface area contributed by atoms with Crippen LogP contribution < -0.4 is 5.73 Å².